The molecule has 1 unspecified atom stereocenters. The molecule has 0 bridgehead atoms. The van der Waals surface area contributed by atoms with Crippen molar-refractivity contribution in [3.05, 3.63) is 34.6 Å². The minimum absolute atomic E-state index is 0.0158. The Morgan fingerprint density at radius 1 is 1.31 bits per heavy atom. The quantitative estimate of drug-likeness (QED) is 0.809. The SMILES string of the molecule is Cc1cc(C)c(F)c(CC2CCCCN2)c1. The van der Waals surface area contributed by atoms with E-state index in [0.717, 1.165) is 29.7 Å². The van der Waals surface area contributed by atoms with E-state index in [1.54, 1.807) is 0 Å². The summed E-state index contributed by atoms with van der Waals surface area (Å²) in [6, 6.07) is 4.36. The lowest BCUT2D eigenvalue weighted by Gasteiger charge is -2.24. The molecule has 2 rings (SSSR count). The number of hydrogen-bond donors (Lipinski definition) is 1. The molecule has 1 nitrogen and oxygen atoms in total. The molecule has 1 aliphatic rings. The molecule has 2 heteroatoms. The van der Waals surface area contributed by atoms with E-state index in [1.165, 1.54) is 19.3 Å². The highest BCUT2D eigenvalue weighted by Gasteiger charge is 2.16. The normalized spacial score (nSPS) is 21.1. The lowest BCUT2D eigenvalue weighted by molar-refractivity contribution is 0.395. The number of rotatable bonds is 2. The van der Waals surface area contributed by atoms with Gasteiger partial charge in [0.2, 0.25) is 0 Å². The third-order valence-electron chi connectivity index (χ3n) is 3.35. The number of piperidine rings is 1. The fourth-order valence-electron chi connectivity index (χ4n) is 2.55. The second-order valence-electron chi connectivity index (χ2n) is 4.91. The van der Waals surface area contributed by atoms with Crippen molar-refractivity contribution < 1.29 is 4.39 Å². The predicted molar refractivity (Wildman–Crippen MR) is 65.2 cm³/mol. The number of nitrogens with one attached hydrogen (secondary N) is 1. The Balaban J connectivity index is 2.13. The number of benzene rings is 1. The van der Waals surface area contributed by atoms with Crippen LogP contribution in [0.2, 0.25) is 0 Å². The van der Waals surface area contributed by atoms with Crippen molar-refractivity contribution in [3.63, 3.8) is 0 Å². The Labute approximate surface area is 97.1 Å². The molecule has 1 fully saturated rings. The van der Waals surface area contributed by atoms with Crippen molar-refractivity contribution >= 4 is 0 Å². The Bertz CT molecular complexity index is 367. The van der Waals surface area contributed by atoms with Crippen LogP contribution in [-0.4, -0.2) is 12.6 Å². The summed E-state index contributed by atoms with van der Waals surface area (Å²) in [5.41, 5.74) is 2.80. The van der Waals surface area contributed by atoms with Gasteiger partial charge < -0.3 is 5.32 Å². The van der Waals surface area contributed by atoms with Gasteiger partial charge in [0.05, 0.1) is 0 Å². The Morgan fingerprint density at radius 2 is 2.12 bits per heavy atom. The molecule has 1 aromatic carbocycles. The van der Waals surface area contributed by atoms with Gasteiger partial charge in [-0.2, -0.15) is 0 Å². The topological polar surface area (TPSA) is 12.0 Å². The van der Waals surface area contributed by atoms with Crippen molar-refractivity contribution in [1.82, 2.24) is 5.32 Å². The van der Waals surface area contributed by atoms with Crippen molar-refractivity contribution in [2.45, 2.75) is 45.6 Å². The molecule has 1 saturated heterocycles. The first-order chi connectivity index (χ1) is 7.66. The molecule has 1 atom stereocenters. The average Bonchev–Trinajstić information content (AvgIpc) is 2.27. The molecule has 0 amide bonds. The molecule has 0 radical (unpaired) electrons. The van der Waals surface area contributed by atoms with Gasteiger partial charge in [-0.25, -0.2) is 4.39 Å². The third kappa shape index (κ3) is 2.62. The highest BCUT2D eigenvalue weighted by molar-refractivity contribution is 5.31. The molecule has 0 spiro atoms. The van der Waals surface area contributed by atoms with E-state index in [-0.39, 0.29) is 5.82 Å². The summed E-state index contributed by atoms with van der Waals surface area (Å²) >= 11 is 0. The van der Waals surface area contributed by atoms with Crippen molar-refractivity contribution in [2.24, 2.45) is 0 Å². The molecule has 1 heterocycles. The van der Waals surface area contributed by atoms with Crippen LogP contribution in [0.15, 0.2) is 12.1 Å². The molecular weight excluding hydrogens is 201 g/mol. The van der Waals surface area contributed by atoms with E-state index >= 15 is 0 Å². The maximum absolute atomic E-state index is 13.9. The van der Waals surface area contributed by atoms with E-state index in [1.807, 2.05) is 26.0 Å². The van der Waals surface area contributed by atoms with Crippen LogP contribution in [0.1, 0.15) is 36.0 Å². The zero-order chi connectivity index (χ0) is 11.5. The van der Waals surface area contributed by atoms with Crippen LogP contribution >= 0.6 is 0 Å². The average molecular weight is 221 g/mol. The Morgan fingerprint density at radius 3 is 2.81 bits per heavy atom. The summed E-state index contributed by atoms with van der Waals surface area (Å²) in [4.78, 5) is 0. The van der Waals surface area contributed by atoms with Gasteiger partial charge in [-0.3, -0.25) is 0 Å². The standard InChI is InChI=1S/C14H20FN/c1-10-7-11(2)14(15)12(8-10)9-13-5-3-4-6-16-13/h7-8,13,16H,3-6,9H2,1-2H3. The van der Waals surface area contributed by atoms with Gasteiger partial charge in [-0.1, -0.05) is 24.1 Å². The lowest BCUT2D eigenvalue weighted by atomic mass is 9.95. The number of hydrogen-bond acceptors (Lipinski definition) is 1. The second kappa shape index (κ2) is 4.96. The van der Waals surface area contributed by atoms with Gasteiger partial charge in [0, 0.05) is 6.04 Å². The predicted octanol–water partition coefficient (Wildman–Crippen LogP) is 3.13. The largest absolute Gasteiger partial charge is 0.314 e. The molecule has 0 saturated carbocycles. The summed E-state index contributed by atoms with van der Waals surface area (Å²) in [7, 11) is 0. The third-order valence-corrected chi connectivity index (χ3v) is 3.35. The molecule has 0 aromatic heterocycles. The monoisotopic (exact) mass is 221 g/mol. The maximum atomic E-state index is 13.9. The first-order valence-electron chi connectivity index (χ1n) is 6.16. The summed E-state index contributed by atoms with van der Waals surface area (Å²) in [5.74, 6) is -0.0158. The van der Waals surface area contributed by atoms with Crippen molar-refractivity contribution in [3.8, 4) is 0 Å². The van der Waals surface area contributed by atoms with Gasteiger partial charge >= 0.3 is 0 Å². The van der Waals surface area contributed by atoms with Gasteiger partial charge in [0.25, 0.3) is 0 Å². The first-order valence-corrected chi connectivity index (χ1v) is 6.16. The molecule has 1 N–H and O–H groups in total. The van der Waals surface area contributed by atoms with E-state index in [0.29, 0.717) is 6.04 Å². The summed E-state index contributed by atoms with van der Waals surface area (Å²) in [6.07, 6.45) is 4.52. The van der Waals surface area contributed by atoms with E-state index < -0.39 is 0 Å². The van der Waals surface area contributed by atoms with Gasteiger partial charge in [-0.05, 0) is 50.8 Å². The molecule has 1 aliphatic heterocycles. The van der Waals surface area contributed by atoms with Crippen LogP contribution < -0.4 is 5.32 Å². The fourth-order valence-corrected chi connectivity index (χ4v) is 2.55. The fraction of sp³-hybridized carbons (Fsp3) is 0.571. The molecule has 0 aliphatic carbocycles. The van der Waals surface area contributed by atoms with Crippen LogP contribution in [0.3, 0.4) is 0 Å². The minimum atomic E-state index is -0.0158. The van der Waals surface area contributed by atoms with Crippen LogP contribution in [0, 0.1) is 19.7 Å². The van der Waals surface area contributed by atoms with Crippen LogP contribution in [0.25, 0.3) is 0 Å². The molecule has 88 valence electrons. The molecule has 1 aromatic rings. The minimum Gasteiger partial charge on any atom is -0.314 e. The summed E-state index contributed by atoms with van der Waals surface area (Å²) in [6.45, 7) is 4.96. The summed E-state index contributed by atoms with van der Waals surface area (Å²) in [5, 5.41) is 3.47. The Kier molecular flexibility index (Phi) is 3.59. The van der Waals surface area contributed by atoms with Gasteiger partial charge in [0.15, 0.2) is 0 Å². The highest BCUT2D eigenvalue weighted by Crippen LogP contribution is 2.19. The first kappa shape index (κ1) is 11.6. The zero-order valence-electron chi connectivity index (χ0n) is 10.1. The van der Waals surface area contributed by atoms with E-state index in [9.17, 15) is 4.39 Å². The van der Waals surface area contributed by atoms with Crippen LogP contribution in [-0.2, 0) is 6.42 Å². The van der Waals surface area contributed by atoms with Crippen LogP contribution in [0.4, 0.5) is 4.39 Å². The second-order valence-corrected chi connectivity index (χ2v) is 4.91. The lowest BCUT2D eigenvalue weighted by Crippen LogP contribution is -2.35. The van der Waals surface area contributed by atoms with Crippen LogP contribution in [0.5, 0.6) is 0 Å². The van der Waals surface area contributed by atoms with Crippen molar-refractivity contribution in [1.29, 1.82) is 0 Å². The van der Waals surface area contributed by atoms with E-state index in [4.69, 9.17) is 0 Å². The maximum Gasteiger partial charge on any atom is 0.129 e. The number of aryl methyl sites for hydroxylation is 2. The molecule has 16 heavy (non-hydrogen) atoms. The zero-order valence-corrected chi connectivity index (χ0v) is 10.1. The number of halogens is 1. The molecular formula is C14H20FN. The van der Waals surface area contributed by atoms with Gasteiger partial charge in [0.1, 0.15) is 5.82 Å². The van der Waals surface area contributed by atoms with Crippen molar-refractivity contribution in [2.75, 3.05) is 6.54 Å². The smallest absolute Gasteiger partial charge is 0.129 e. The van der Waals surface area contributed by atoms with Gasteiger partial charge in [-0.15, -0.1) is 0 Å². The summed E-state index contributed by atoms with van der Waals surface area (Å²) < 4.78 is 13.9. The highest BCUT2D eigenvalue weighted by atomic mass is 19.1. The van der Waals surface area contributed by atoms with E-state index in [2.05, 4.69) is 5.32 Å². The Hall–Kier alpha value is -0.890.